The first kappa shape index (κ1) is 21.0. The minimum atomic E-state index is -0.658. The van der Waals surface area contributed by atoms with Crippen molar-refractivity contribution in [2.24, 2.45) is 5.10 Å². The summed E-state index contributed by atoms with van der Waals surface area (Å²) in [5.41, 5.74) is 9.33. The molecule has 0 spiro atoms. The van der Waals surface area contributed by atoms with E-state index in [-0.39, 0.29) is 28.8 Å². The topological polar surface area (TPSA) is 167 Å². The highest BCUT2D eigenvalue weighted by atomic mass is 79.9. The monoisotopic (exact) mass is 498 g/mol. The van der Waals surface area contributed by atoms with Crippen molar-refractivity contribution in [2.75, 3.05) is 12.8 Å². The molecule has 4 aromatic rings. The predicted octanol–water partition coefficient (Wildman–Crippen LogP) is 2.14. The maximum absolute atomic E-state index is 12.9. The Morgan fingerprint density at radius 3 is 2.91 bits per heavy atom. The maximum Gasteiger partial charge on any atom is 0.294 e. The van der Waals surface area contributed by atoms with Crippen molar-refractivity contribution in [1.29, 1.82) is 0 Å². The van der Waals surface area contributed by atoms with Crippen LogP contribution in [0.1, 0.15) is 16.1 Å². The molecule has 0 bridgehead atoms. The smallest absolute Gasteiger partial charge is 0.294 e. The highest BCUT2D eigenvalue weighted by molar-refractivity contribution is 9.10. The number of nitrogens with zero attached hydrogens (tertiary/aromatic N) is 6. The van der Waals surface area contributed by atoms with Gasteiger partial charge in [-0.1, -0.05) is 33.3 Å². The van der Waals surface area contributed by atoms with Crippen molar-refractivity contribution < 1.29 is 19.3 Å². The van der Waals surface area contributed by atoms with Crippen LogP contribution in [0, 0.1) is 0 Å². The van der Waals surface area contributed by atoms with Gasteiger partial charge in [0.15, 0.2) is 5.69 Å². The van der Waals surface area contributed by atoms with Crippen molar-refractivity contribution in [1.82, 2.24) is 30.7 Å². The van der Waals surface area contributed by atoms with E-state index in [9.17, 15) is 9.90 Å². The molecule has 0 aliphatic heterocycles. The van der Waals surface area contributed by atoms with Gasteiger partial charge in [0.1, 0.15) is 17.2 Å². The molecule has 0 aliphatic rings. The Labute approximate surface area is 188 Å². The quantitative estimate of drug-likeness (QED) is 0.266. The second-order valence-corrected chi connectivity index (χ2v) is 7.22. The van der Waals surface area contributed by atoms with Crippen LogP contribution >= 0.6 is 15.9 Å². The lowest BCUT2D eigenvalue weighted by molar-refractivity contribution is 0.0950. The number of hydrogen-bond acceptors (Lipinski definition) is 10. The zero-order valence-corrected chi connectivity index (χ0v) is 18.0. The Kier molecular flexibility index (Phi) is 5.81. The molecular weight excluding hydrogens is 484 g/mol. The third-order valence-corrected chi connectivity index (χ3v) is 4.78. The number of anilines is 1. The van der Waals surface area contributed by atoms with E-state index in [1.807, 2.05) is 0 Å². The van der Waals surface area contributed by atoms with Gasteiger partial charge in [-0.3, -0.25) is 4.79 Å². The van der Waals surface area contributed by atoms with Crippen molar-refractivity contribution in [3.8, 4) is 28.6 Å². The van der Waals surface area contributed by atoms with Crippen LogP contribution in [-0.2, 0) is 0 Å². The van der Waals surface area contributed by atoms with Gasteiger partial charge >= 0.3 is 0 Å². The molecule has 2 heterocycles. The third-order valence-electron chi connectivity index (χ3n) is 4.28. The predicted molar refractivity (Wildman–Crippen MR) is 116 cm³/mol. The van der Waals surface area contributed by atoms with E-state index in [1.54, 1.807) is 36.4 Å². The molecule has 4 rings (SSSR count). The van der Waals surface area contributed by atoms with Gasteiger partial charge in [0.25, 0.3) is 5.91 Å². The number of benzene rings is 2. The number of aromatic hydroxyl groups is 1. The first-order valence-corrected chi connectivity index (χ1v) is 9.77. The Hall–Kier alpha value is -4.26. The Bertz CT molecular complexity index is 1320. The van der Waals surface area contributed by atoms with Gasteiger partial charge in [-0.05, 0) is 40.6 Å². The highest BCUT2D eigenvalue weighted by Crippen LogP contribution is 2.29. The number of carbonyl (C=O) groups excluding carboxylic acids is 1. The number of phenolic OH excluding ortho intramolecular Hbond substituents is 1. The van der Waals surface area contributed by atoms with Crippen LogP contribution in [0.15, 0.2) is 56.7 Å². The van der Waals surface area contributed by atoms with Gasteiger partial charge in [-0.25, -0.2) is 10.1 Å². The fraction of sp³-hybridized carbons (Fsp3) is 0.0526. The number of hydrazone groups is 1. The summed E-state index contributed by atoms with van der Waals surface area (Å²) < 4.78 is 11.9. The minimum Gasteiger partial charge on any atom is -0.507 e. The van der Waals surface area contributed by atoms with Crippen LogP contribution in [0.2, 0.25) is 0 Å². The highest BCUT2D eigenvalue weighted by Gasteiger charge is 2.25. The van der Waals surface area contributed by atoms with Crippen molar-refractivity contribution >= 4 is 33.9 Å². The number of nitrogen functional groups attached to an aromatic ring is 1. The molecule has 32 heavy (non-hydrogen) atoms. The van der Waals surface area contributed by atoms with Crippen LogP contribution in [0.25, 0.3) is 17.1 Å². The molecule has 0 aliphatic carbocycles. The average Bonchev–Trinajstić information content (AvgIpc) is 3.42. The summed E-state index contributed by atoms with van der Waals surface area (Å²) in [6.45, 7) is 0. The maximum atomic E-state index is 12.9. The van der Waals surface area contributed by atoms with Gasteiger partial charge in [0.05, 0.1) is 13.3 Å². The van der Waals surface area contributed by atoms with E-state index < -0.39 is 5.91 Å². The molecule has 2 aromatic heterocycles. The zero-order valence-electron chi connectivity index (χ0n) is 16.4. The van der Waals surface area contributed by atoms with Gasteiger partial charge in [0, 0.05) is 15.6 Å². The van der Waals surface area contributed by atoms with Crippen LogP contribution in [-0.4, -0.2) is 49.6 Å². The van der Waals surface area contributed by atoms with Crippen LogP contribution in [0.5, 0.6) is 11.5 Å². The molecule has 4 N–H and O–H groups in total. The van der Waals surface area contributed by atoms with Gasteiger partial charge in [-0.15, -0.1) is 5.10 Å². The molecular formula is C19H15BrN8O4. The Balaban J connectivity index is 1.71. The molecule has 2 aromatic carbocycles. The summed E-state index contributed by atoms with van der Waals surface area (Å²) in [6, 6.07) is 11.7. The Morgan fingerprint density at radius 2 is 2.16 bits per heavy atom. The molecule has 0 unspecified atom stereocenters. The van der Waals surface area contributed by atoms with Crippen LogP contribution in [0.3, 0.4) is 0 Å². The zero-order chi connectivity index (χ0) is 22.7. The molecule has 0 saturated carbocycles. The normalized spacial score (nSPS) is 11.1. The number of nitrogens with one attached hydrogen (secondary N) is 1. The van der Waals surface area contributed by atoms with Crippen molar-refractivity contribution in [3.63, 3.8) is 0 Å². The number of halogens is 1. The number of carbonyl (C=O) groups is 1. The fourth-order valence-corrected chi connectivity index (χ4v) is 3.17. The first-order valence-electron chi connectivity index (χ1n) is 8.98. The van der Waals surface area contributed by atoms with E-state index in [0.29, 0.717) is 16.9 Å². The number of aromatic nitrogens is 5. The number of ether oxygens (including phenoxy) is 1. The largest absolute Gasteiger partial charge is 0.507 e. The fourth-order valence-electron chi connectivity index (χ4n) is 2.79. The minimum absolute atomic E-state index is 0.00298. The molecule has 0 saturated heterocycles. The standard InChI is InChI=1S/C19H15BrN8O4/c1-31-13-4-2-3-10(8-13)16-15(23-27-28(16)18-17(21)25-32-26-18)19(30)24-22-9-11-7-12(20)5-6-14(11)29/h2-9,29H,1H3,(H2,21,25)(H,24,30)/b22-9+. The van der Waals surface area contributed by atoms with Gasteiger partial charge in [0.2, 0.25) is 11.6 Å². The van der Waals surface area contributed by atoms with Gasteiger partial charge < -0.3 is 15.6 Å². The van der Waals surface area contributed by atoms with Gasteiger partial charge in [-0.2, -0.15) is 9.78 Å². The number of rotatable bonds is 6. The number of phenols is 1. The number of methoxy groups -OCH3 is 1. The van der Waals surface area contributed by atoms with E-state index in [4.69, 9.17) is 10.5 Å². The molecule has 0 atom stereocenters. The van der Waals surface area contributed by atoms with E-state index in [1.165, 1.54) is 24.1 Å². The number of hydrogen-bond donors (Lipinski definition) is 3. The first-order chi connectivity index (χ1) is 15.5. The summed E-state index contributed by atoms with van der Waals surface area (Å²) in [6.07, 6.45) is 1.30. The lowest BCUT2D eigenvalue weighted by Crippen LogP contribution is -2.19. The van der Waals surface area contributed by atoms with E-state index in [2.05, 4.69) is 51.7 Å². The van der Waals surface area contributed by atoms with Crippen molar-refractivity contribution in [3.05, 3.63) is 58.2 Å². The summed E-state index contributed by atoms with van der Waals surface area (Å²) in [4.78, 5) is 12.9. The molecule has 1 amide bonds. The van der Waals surface area contributed by atoms with Crippen LogP contribution in [0.4, 0.5) is 5.82 Å². The lowest BCUT2D eigenvalue weighted by atomic mass is 10.1. The summed E-state index contributed by atoms with van der Waals surface area (Å²) in [5.74, 6) is -0.0693. The molecule has 0 fully saturated rings. The second kappa shape index (κ2) is 8.85. The number of nitrogens with two attached hydrogens (primary N) is 1. The molecule has 13 heteroatoms. The Morgan fingerprint density at radius 1 is 1.31 bits per heavy atom. The lowest BCUT2D eigenvalue weighted by Gasteiger charge is -2.07. The summed E-state index contributed by atoms with van der Waals surface area (Å²) in [7, 11) is 1.52. The molecule has 0 radical (unpaired) electrons. The number of amides is 1. The second-order valence-electron chi connectivity index (χ2n) is 6.31. The SMILES string of the molecule is COc1cccc(-c2c(C(=O)N/N=C/c3cc(Br)ccc3O)nnn2-c2nonc2N)c1. The van der Waals surface area contributed by atoms with E-state index >= 15 is 0 Å². The molecule has 162 valence electrons. The molecule has 12 nitrogen and oxygen atoms in total. The van der Waals surface area contributed by atoms with Crippen LogP contribution < -0.4 is 15.9 Å². The van der Waals surface area contributed by atoms with E-state index in [0.717, 1.165) is 4.47 Å². The summed E-state index contributed by atoms with van der Waals surface area (Å²) >= 11 is 3.31. The average molecular weight is 499 g/mol. The van der Waals surface area contributed by atoms with Crippen molar-refractivity contribution in [2.45, 2.75) is 0 Å². The third kappa shape index (κ3) is 4.13. The summed E-state index contributed by atoms with van der Waals surface area (Å²) in [5, 5.41) is 29.0.